The van der Waals surface area contributed by atoms with E-state index in [2.05, 4.69) is 28.6 Å². The van der Waals surface area contributed by atoms with Crippen LogP contribution in [0, 0.1) is 0 Å². The maximum Gasteiger partial charge on any atom is 0.0916 e. The predicted molar refractivity (Wildman–Crippen MR) is 55.5 cm³/mol. The summed E-state index contributed by atoms with van der Waals surface area (Å²) in [6, 6.07) is 0.698. The third-order valence-electron chi connectivity index (χ3n) is 2.45. The van der Waals surface area contributed by atoms with Crippen molar-refractivity contribution >= 4 is 11.0 Å². The van der Waals surface area contributed by atoms with Gasteiger partial charge < -0.3 is 0 Å². The first kappa shape index (κ1) is 11.1. The van der Waals surface area contributed by atoms with E-state index in [4.69, 9.17) is 0 Å². The van der Waals surface area contributed by atoms with Gasteiger partial charge in [0.25, 0.3) is 0 Å². The number of hydrogen-bond acceptors (Lipinski definition) is 3. The molecule has 0 saturated carbocycles. The van der Waals surface area contributed by atoms with Crippen LogP contribution in [0.4, 0.5) is 0 Å². The van der Waals surface area contributed by atoms with E-state index in [0.29, 0.717) is 12.1 Å². The van der Waals surface area contributed by atoms with Gasteiger partial charge in [0.05, 0.1) is 11.0 Å². The Hall–Kier alpha value is 0.0300. The van der Waals surface area contributed by atoms with Crippen LogP contribution in [0.2, 0.25) is 0 Å². The van der Waals surface area contributed by atoms with Crippen LogP contribution in [-0.2, 0) is 11.0 Å². The van der Waals surface area contributed by atoms with Crippen LogP contribution in [0.5, 0.6) is 0 Å². The standard InChI is InChI=1S/C8H19N3OS/c1-7-5-10(9-3)6-8(2)11(7)13(4)12/h7-9H,5-6H2,1-4H3/t7-,8-,13?/m0/s1. The fourth-order valence-electron chi connectivity index (χ4n) is 2.00. The second-order valence-electron chi connectivity index (χ2n) is 3.61. The molecule has 0 aliphatic carbocycles. The lowest BCUT2D eigenvalue weighted by Crippen LogP contribution is -2.59. The van der Waals surface area contributed by atoms with Crippen molar-refractivity contribution in [1.29, 1.82) is 0 Å². The van der Waals surface area contributed by atoms with Crippen molar-refractivity contribution in [1.82, 2.24) is 14.7 Å². The molecule has 1 heterocycles. The van der Waals surface area contributed by atoms with Crippen LogP contribution in [0.25, 0.3) is 0 Å². The lowest BCUT2D eigenvalue weighted by molar-refractivity contribution is 0.0734. The molecule has 78 valence electrons. The summed E-state index contributed by atoms with van der Waals surface area (Å²) in [6.45, 7) is 6.09. The van der Waals surface area contributed by atoms with Gasteiger partial charge >= 0.3 is 0 Å². The summed E-state index contributed by atoms with van der Waals surface area (Å²) in [5.74, 6) is 0. The SMILES string of the molecule is CNN1C[C@H](C)N(S(C)=O)[C@@H](C)C1. The number of nitrogens with one attached hydrogen (secondary N) is 1. The molecule has 1 aliphatic heterocycles. The maximum absolute atomic E-state index is 11.4. The molecular weight excluding hydrogens is 186 g/mol. The monoisotopic (exact) mass is 205 g/mol. The topological polar surface area (TPSA) is 35.6 Å². The molecule has 0 aromatic heterocycles. The van der Waals surface area contributed by atoms with Gasteiger partial charge in [0.2, 0.25) is 0 Å². The molecule has 1 N–H and O–H groups in total. The van der Waals surface area contributed by atoms with Gasteiger partial charge in [-0.2, -0.15) is 0 Å². The lowest BCUT2D eigenvalue weighted by atomic mass is 10.2. The molecule has 4 nitrogen and oxygen atoms in total. The number of hydrogen-bond donors (Lipinski definition) is 1. The summed E-state index contributed by atoms with van der Waals surface area (Å²) in [4.78, 5) is 0. The average Bonchev–Trinajstić information content (AvgIpc) is 2.02. The Labute approximate surface area is 82.8 Å². The quantitative estimate of drug-likeness (QED) is 0.679. The summed E-state index contributed by atoms with van der Waals surface area (Å²) in [7, 11) is 1.08. The van der Waals surface area contributed by atoms with Gasteiger partial charge in [-0.15, -0.1) is 0 Å². The lowest BCUT2D eigenvalue weighted by Gasteiger charge is -2.42. The third-order valence-corrected chi connectivity index (χ3v) is 3.76. The van der Waals surface area contributed by atoms with Crippen molar-refractivity contribution in [2.45, 2.75) is 25.9 Å². The molecule has 0 spiro atoms. The molecule has 1 rings (SSSR count). The molecule has 1 unspecified atom stereocenters. The fourth-order valence-corrected chi connectivity index (χ4v) is 3.14. The molecule has 0 amide bonds. The summed E-state index contributed by atoms with van der Waals surface area (Å²) >= 11 is 0. The molecule has 3 atom stereocenters. The van der Waals surface area contributed by atoms with E-state index in [0.717, 1.165) is 13.1 Å². The van der Waals surface area contributed by atoms with Crippen LogP contribution in [0.3, 0.4) is 0 Å². The second kappa shape index (κ2) is 4.50. The van der Waals surface area contributed by atoms with Crippen molar-refractivity contribution in [2.24, 2.45) is 0 Å². The van der Waals surface area contributed by atoms with Gasteiger partial charge in [-0.3, -0.25) is 5.43 Å². The average molecular weight is 205 g/mol. The highest BCUT2D eigenvalue weighted by atomic mass is 32.2. The Morgan fingerprint density at radius 1 is 1.31 bits per heavy atom. The van der Waals surface area contributed by atoms with Gasteiger partial charge in [0.15, 0.2) is 0 Å². The molecule has 0 radical (unpaired) electrons. The smallest absolute Gasteiger partial charge is 0.0916 e. The number of hydrazine groups is 1. The van der Waals surface area contributed by atoms with Gasteiger partial charge in [-0.25, -0.2) is 13.5 Å². The third kappa shape index (κ3) is 2.49. The van der Waals surface area contributed by atoms with Crippen LogP contribution in [0.15, 0.2) is 0 Å². The molecule has 1 saturated heterocycles. The molecular formula is C8H19N3OS. The normalized spacial score (nSPS) is 34.8. The van der Waals surface area contributed by atoms with Crippen molar-refractivity contribution in [3.8, 4) is 0 Å². The molecule has 1 aliphatic rings. The molecule has 5 heteroatoms. The van der Waals surface area contributed by atoms with Crippen LogP contribution >= 0.6 is 0 Å². The highest BCUT2D eigenvalue weighted by molar-refractivity contribution is 7.81. The van der Waals surface area contributed by atoms with E-state index in [-0.39, 0.29) is 0 Å². The fraction of sp³-hybridized carbons (Fsp3) is 1.00. The second-order valence-corrected chi connectivity index (χ2v) is 4.88. The summed E-state index contributed by atoms with van der Waals surface area (Å²) in [6.07, 6.45) is 1.75. The minimum absolute atomic E-state index is 0.349. The van der Waals surface area contributed by atoms with Gasteiger partial charge in [0, 0.05) is 31.4 Å². The molecule has 0 aromatic carbocycles. The Morgan fingerprint density at radius 3 is 2.08 bits per heavy atom. The number of piperazine rings is 1. The highest BCUT2D eigenvalue weighted by Gasteiger charge is 2.30. The van der Waals surface area contributed by atoms with Crippen molar-refractivity contribution in [3.63, 3.8) is 0 Å². The van der Waals surface area contributed by atoms with Crippen LogP contribution in [0.1, 0.15) is 13.8 Å². The summed E-state index contributed by atoms with van der Waals surface area (Å²) in [5.41, 5.74) is 3.13. The minimum atomic E-state index is -0.850. The molecule has 0 aromatic rings. The van der Waals surface area contributed by atoms with E-state index >= 15 is 0 Å². The maximum atomic E-state index is 11.4. The Balaban J connectivity index is 2.64. The highest BCUT2D eigenvalue weighted by Crippen LogP contribution is 2.15. The van der Waals surface area contributed by atoms with Gasteiger partial charge in [-0.1, -0.05) is 0 Å². The van der Waals surface area contributed by atoms with E-state index in [1.807, 2.05) is 7.05 Å². The molecule has 1 fully saturated rings. The predicted octanol–water partition coefficient (Wildman–Crippen LogP) is -0.191. The van der Waals surface area contributed by atoms with Crippen molar-refractivity contribution < 1.29 is 4.21 Å². The Kier molecular flexibility index (Phi) is 3.85. The molecule has 0 bridgehead atoms. The van der Waals surface area contributed by atoms with Gasteiger partial charge in [-0.05, 0) is 20.9 Å². The minimum Gasteiger partial charge on any atom is -0.258 e. The Morgan fingerprint density at radius 2 is 1.77 bits per heavy atom. The summed E-state index contributed by atoms with van der Waals surface area (Å²) in [5, 5.41) is 2.17. The van der Waals surface area contributed by atoms with Crippen LogP contribution in [-0.4, -0.2) is 52.0 Å². The van der Waals surface area contributed by atoms with Crippen molar-refractivity contribution in [2.75, 3.05) is 26.4 Å². The first-order valence-corrected chi connectivity index (χ1v) is 6.12. The van der Waals surface area contributed by atoms with E-state index in [1.54, 1.807) is 6.26 Å². The number of rotatable bonds is 2. The zero-order chi connectivity index (χ0) is 10.0. The zero-order valence-electron chi connectivity index (χ0n) is 8.78. The Bertz CT molecular complexity index is 188. The first-order valence-electron chi connectivity index (χ1n) is 4.60. The largest absolute Gasteiger partial charge is 0.258 e. The van der Waals surface area contributed by atoms with E-state index in [1.165, 1.54) is 0 Å². The summed E-state index contributed by atoms with van der Waals surface area (Å²) < 4.78 is 13.5. The van der Waals surface area contributed by atoms with Crippen LogP contribution < -0.4 is 5.43 Å². The molecule has 13 heavy (non-hydrogen) atoms. The van der Waals surface area contributed by atoms with Crippen molar-refractivity contribution in [3.05, 3.63) is 0 Å². The zero-order valence-corrected chi connectivity index (χ0v) is 9.60. The number of nitrogens with zero attached hydrogens (tertiary/aromatic N) is 2. The van der Waals surface area contributed by atoms with E-state index in [9.17, 15) is 4.21 Å². The van der Waals surface area contributed by atoms with E-state index < -0.39 is 11.0 Å². The first-order chi connectivity index (χ1) is 6.06. The van der Waals surface area contributed by atoms with Gasteiger partial charge in [0.1, 0.15) is 0 Å².